The maximum Gasteiger partial charge on any atom is 0.0227 e. The van der Waals surface area contributed by atoms with Gasteiger partial charge in [0, 0.05) is 12.1 Å². The molecule has 0 aromatic carbocycles. The van der Waals surface area contributed by atoms with Crippen molar-refractivity contribution in [2.24, 2.45) is 0 Å². The highest BCUT2D eigenvalue weighted by Crippen LogP contribution is 2.03. The Morgan fingerprint density at radius 1 is 1.62 bits per heavy atom. The van der Waals surface area contributed by atoms with Crippen molar-refractivity contribution in [3.05, 3.63) is 0 Å². The lowest BCUT2D eigenvalue weighted by atomic mass is 10.1. The fourth-order valence-corrected chi connectivity index (χ4v) is 1.25. The van der Waals surface area contributed by atoms with E-state index in [0.29, 0.717) is 12.1 Å². The smallest absolute Gasteiger partial charge is 0.0227 e. The number of hydrogen-bond donors (Lipinski definition) is 2. The monoisotopic (exact) mass is 114 g/mol. The molecule has 0 bridgehead atoms. The minimum Gasteiger partial charge on any atom is -0.315 e. The Balaban J connectivity index is 2.30. The van der Waals surface area contributed by atoms with Crippen LogP contribution in [0.15, 0.2) is 0 Å². The van der Waals surface area contributed by atoms with E-state index >= 15 is 0 Å². The molecular weight excluding hydrogens is 100 g/mol. The highest BCUT2D eigenvalue weighted by Gasteiger charge is 2.19. The van der Waals surface area contributed by atoms with E-state index in [-0.39, 0.29) is 0 Å². The first-order chi connectivity index (χ1) is 3.84. The molecule has 0 aliphatic carbocycles. The van der Waals surface area contributed by atoms with E-state index in [4.69, 9.17) is 0 Å². The molecule has 1 rings (SSSR count). The molecule has 0 spiro atoms. The molecule has 1 saturated heterocycles. The fraction of sp³-hybridized carbons (Fsp3) is 1.00. The van der Waals surface area contributed by atoms with Crippen molar-refractivity contribution in [2.75, 3.05) is 13.6 Å². The fourth-order valence-electron chi connectivity index (χ4n) is 1.25. The van der Waals surface area contributed by atoms with Crippen LogP contribution in [-0.4, -0.2) is 25.7 Å². The van der Waals surface area contributed by atoms with Gasteiger partial charge >= 0.3 is 0 Å². The van der Waals surface area contributed by atoms with Crippen LogP contribution in [0.5, 0.6) is 0 Å². The second kappa shape index (κ2) is 2.46. The first-order valence-electron chi connectivity index (χ1n) is 3.25. The van der Waals surface area contributed by atoms with E-state index in [0.717, 1.165) is 0 Å². The van der Waals surface area contributed by atoms with Gasteiger partial charge in [0.1, 0.15) is 0 Å². The highest BCUT2D eigenvalue weighted by atomic mass is 15.0. The Bertz CT molecular complexity index is 72.9. The summed E-state index contributed by atoms with van der Waals surface area (Å²) in [5, 5.41) is 6.61. The molecule has 48 valence electrons. The third kappa shape index (κ3) is 1.01. The maximum absolute atomic E-state index is 3.36. The van der Waals surface area contributed by atoms with Gasteiger partial charge in [-0.1, -0.05) is 0 Å². The van der Waals surface area contributed by atoms with Gasteiger partial charge in [0.15, 0.2) is 0 Å². The second-order valence-corrected chi connectivity index (χ2v) is 2.43. The van der Waals surface area contributed by atoms with E-state index in [1.807, 2.05) is 7.05 Å². The van der Waals surface area contributed by atoms with Crippen molar-refractivity contribution in [1.29, 1.82) is 0 Å². The summed E-state index contributed by atoms with van der Waals surface area (Å²) in [5.41, 5.74) is 0. The number of nitrogens with one attached hydrogen (secondary N) is 2. The van der Waals surface area contributed by atoms with Crippen molar-refractivity contribution < 1.29 is 0 Å². The highest BCUT2D eigenvalue weighted by molar-refractivity contribution is 4.84. The summed E-state index contributed by atoms with van der Waals surface area (Å²) in [6.45, 7) is 3.39. The average molecular weight is 114 g/mol. The lowest BCUT2D eigenvalue weighted by Crippen LogP contribution is -2.35. The van der Waals surface area contributed by atoms with E-state index in [9.17, 15) is 0 Å². The molecule has 1 aliphatic rings. The lowest BCUT2D eigenvalue weighted by molar-refractivity contribution is 0.511. The Labute approximate surface area is 50.7 Å². The van der Waals surface area contributed by atoms with Gasteiger partial charge in [0.05, 0.1) is 0 Å². The molecular formula is C6H14N2. The van der Waals surface area contributed by atoms with Crippen LogP contribution in [0.25, 0.3) is 0 Å². The van der Waals surface area contributed by atoms with Crippen molar-refractivity contribution in [3.63, 3.8) is 0 Å². The standard InChI is InChI=1S/C6H14N2/c1-5-6(7-2)3-4-8-5/h5-8H,3-4H2,1-2H3/t5-,6-/m0/s1. The quantitative estimate of drug-likeness (QED) is 0.499. The number of hydrogen-bond acceptors (Lipinski definition) is 2. The zero-order valence-electron chi connectivity index (χ0n) is 5.57. The van der Waals surface area contributed by atoms with Gasteiger partial charge < -0.3 is 10.6 Å². The third-order valence-electron chi connectivity index (χ3n) is 1.90. The predicted octanol–water partition coefficient (Wildman–Crippen LogP) is -0.0438. The normalized spacial score (nSPS) is 38.2. The summed E-state index contributed by atoms with van der Waals surface area (Å²) in [6, 6.07) is 1.37. The minimum absolute atomic E-state index is 0.667. The van der Waals surface area contributed by atoms with Crippen molar-refractivity contribution >= 4 is 0 Å². The van der Waals surface area contributed by atoms with Crippen LogP contribution in [-0.2, 0) is 0 Å². The topological polar surface area (TPSA) is 24.1 Å². The Hall–Kier alpha value is -0.0800. The summed E-state index contributed by atoms with van der Waals surface area (Å²) in [4.78, 5) is 0. The van der Waals surface area contributed by atoms with Crippen LogP contribution in [0.4, 0.5) is 0 Å². The van der Waals surface area contributed by atoms with Crippen molar-refractivity contribution in [2.45, 2.75) is 25.4 Å². The maximum atomic E-state index is 3.36. The summed E-state index contributed by atoms with van der Waals surface area (Å²) in [5.74, 6) is 0. The van der Waals surface area contributed by atoms with Crippen molar-refractivity contribution in [3.8, 4) is 0 Å². The summed E-state index contributed by atoms with van der Waals surface area (Å²) >= 11 is 0. The average Bonchev–Trinajstić information content (AvgIpc) is 2.14. The van der Waals surface area contributed by atoms with Crippen LogP contribution in [0.3, 0.4) is 0 Å². The molecule has 0 radical (unpaired) electrons. The van der Waals surface area contributed by atoms with Gasteiger partial charge in [0.2, 0.25) is 0 Å². The summed E-state index contributed by atoms with van der Waals surface area (Å²) in [7, 11) is 2.02. The molecule has 1 fully saturated rings. The van der Waals surface area contributed by atoms with Gasteiger partial charge in [-0.3, -0.25) is 0 Å². The first kappa shape index (κ1) is 6.05. The zero-order chi connectivity index (χ0) is 5.98. The van der Waals surface area contributed by atoms with E-state index < -0.39 is 0 Å². The van der Waals surface area contributed by atoms with Gasteiger partial charge in [-0.25, -0.2) is 0 Å². The summed E-state index contributed by atoms with van der Waals surface area (Å²) in [6.07, 6.45) is 1.28. The van der Waals surface area contributed by atoms with Gasteiger partial charge in [0.25, 0.3) is 0 Å². The van der Waals surface area contributed by atoms with E-state index in [1.54, 1.807) is 0 Å². The van der Waals surface area contributed by atoms with E-state index in [1.165, 1.54) is 13.0 Å². The third-order valence-corrected chi connectivity index (χ3v) is 1.90. The Morgan fingerprint density at radius 2 is 2.38 bits per heavy atom. The minimum atomic E-state index is 0.667. The molecule has 0 unspecified atom stereocenters. The molecule has 1 aliphatic heterocycles. The van der Waals surface area contributed by atoms with Crippen LogP contribution in [0.1, 0.15) is 13.3 Å². The lowest BCUT2D eigenvalue weighted by Gasteiger charge is -2.12. The number of rotatable bonds is 1. The SMILES string of the molecule is CN[C@H]1CCN[C@H]1C. The van der Waals surface area contributed by atoms with Gasteiger partial charge in [-0.15, -0.1) is 0 Å². The van der Waals surface area contributed by atoms with Crippen LogP contribution in [0.2, 0.25) is 0 Å². The molecule has 2 nitrogen and oxygen atoms in total. The zero-order valence-corrected chi connectivity index (χ0v) is 5.57. The van der Waals surface area contributed by atoms with Crippen LogP contribution < -0.4 is 10.6 Å². The molecule has 8 heavy (non-hydrogen) atoms. The Morgan fingerprint density at radius 3 is 2.62 bits per heavy atom. The largest absolute Gasteiger partial charge is 0.315 e. The molecule has 2 atom stereocenters. The van der Waals surface area contributed by atoms with E-state index in [2.05, 4.69) is 17.6 Å². The number of likely N-dealkylation sites (N-methyl/N-ethyl adjacent to an activating group) is 1. The van der Waals surface area contributed by atoms with Crippen molar-refractivity contribution in [1.82, 2.24) is 10.6 Å². The van der Waals surface area contributed by atoms with Crippen LogP contribution >= 0.6 is 0 Å². The predicted molar refractivity (Wildman–Crippen MR) is 34.9 cm³/mol. The second-order valence-electron chi connectivity index (χ2n) is 2.43. The molecule has 0 saturated carbocycles. The molecule has 0 aromatic heterocycles. The first-order valence-corrected chi connectivity index (χ1v) is 3.25. The van der Waals surface area contributed by atoms with Crippen LogP contribution in [0, 0.1) is 0 Å². The molecule has 0 amide bonds. The van der Waals surface area contributed by atoms with Gasteiger partial charge in [-0.05, 0) is 26.9 Å². The molecule has 1 heterocycles. The van der Waals surface area contributed by atoms with Gasteiger partial charge in [-0.2, -0.15) is 0 Å². The molecule has 0 aromatic rings. The Kier molecular flexibility index (Phi) is 1.86. The molecule has 2 heteroatoms. The summed E-state index contributed by atoms with van der Waals surface area (Å²) < 4.78 is 0. The molecule has 2 N–H and O–H groups in total.